The van der Waals surface area contributed by atoms with Crippen LogP contribution in [0.25, 0.3) is 0 Å². The Morgan fingerprint density at radius 1 is 1.37 bits per heavy atom. The number of carbonyl (C=O) groups is 1. The van der Waals surface area contributed by atoms with E-state index < -0.39 is 5.41 Å². The van der Waals surface area contributed by atoms with E-state index in [-0.39, 0.29) is 25.4 Å². The van der Waals surface area contributed by atoms with Crippen molar-refractivity contribution < 1.29 is 24.3 Å². The second-order valence-electron chi connectivity index (χ2n) is 3.89. The monoisotopic (exact) mass is 322 g/mol. The van der Waals surface area contributed by atoms with Gasteiger partial charge in [0.05, 0.1) is 5.69 Å². The Balaban J connectivity index is 0.00000133. The van der Waals surface area contributed by atoms with Crippen molar-refractivity contribution in [2.75, 3.05) is 0 Å². The van der Waals surface area contributed by atoms with E-state index in [2.05, 4.69) is 15.4 Å². The summed E-state index contributed by atoms with van der Waals surface area (Å²) < 4.78 is 0. The molecular weight excluding hydrogens is 314 g/mol. The van der Waals surface area contributed by atoms with E-state index in [1.54, 1.807) is 12.4 Å². The maximum Gasteiger partial charge on any atom is 0.257 e. The number of aromatic nitrogens is 1. The number of fused-ring (bicyclic) bond motifs is 1. The number of benzene rings is 1. The molecule has 3 N–H and O–H groups in total. The van der Waals surface area contributed by atoms with Crippen LogP contribution in [0, 0.1) is 0 Å². The fraction of sp³-hybridized carbons (Fsp3) is 0.0833. The van der Waals surface area contributed by atoms with Crippen molar-refractivity contribution in [2.24, 2.45) is 10.8 Å². The number of thiazole rings is 1. The van der Waals surface area contributed by atoms with E-state index in [0.717, 1.165) is 11.3 Å². The zero-order valence-corrected chi connectivity index (χ0v) is 13.8. The molecule has 1 aliphatic heterocycles. The quantitative estimate of drug-likeness (QED) is 0.376. The van der Waals surface area contributed by atoms with E-state index in [1.165, 1.54) is 11.3 Å². The number of hydrogen-bond donors (Lipinski definition) is 2. The molecular formula is C12H10N4OSZn. The Morgan fingerprint density at radius 3 is 2.84 bits per heavy atom. The molecule has 0 spiro atoms. The topological polar surface area (TPSA) is 80.4 Å². The van der Waals surface area contributed by atoms with Gasteiger partial charge in [-0.1, -0.05) is 18.2 Å². The Bertz CT molecular complexity index is 628. The van der Waals surface area contributed by atoms with Gasteiger partial charge >= 0.3 is 0 Å². The molecule has 0 saturated heterocycles. The van der Waals surface area contributed by atoms with Crippen LogP contribution in [0.1, 0.15) is 10.6 Å². The molecule has 1 aromatic carbocycles. The molecule has 19 heavy (non-hydrogen) atoms. The zero-order chi connectivity index (χ0) is 12.6. The van der Waals surface area contributed by atoms with Gasteiger partial charge in [0.2, 0.25) is 0 Å². The minimum atomic E-state index is -1.00. The van der Waals surface area contributed by atoms with Crippen LogP contribution in [0.2, 0.25) is 0 Å². The summed E-state index contributed by atoms with van der Waals surface area (Å²) in [6, 6.07) is 7.50. The Hall–Kier alpha value is -1.43. The van der Waals surface area contributed by atoms with Crippen LogP contribution in [0.5, 0.6) is 0 Å². The molecule has 1 amide bonds. The van der Waals surface area contributed by atoms with Gasteiger partial charge in [-0.15, -0.1) is 11.3 Å². The predicted octanol–water partition coefficient (Wildman–Crippen LogP) is 1.13. The van der Waals surface area contributed by atoms with Gasteiger partial charge in [0.15, 0.2) is 5.41 Å². The molecule has 0 fully saturated rings. The fourth-order valence-corrected chi connectivity index (χ4v) is 2.95. The molecule has 1 atom stereocenters. The molecule has 0 bridgehead atoms. The Labute approximate surface area is 126 Å². The van der Waals surface area contributed by atoms with Gasteiger partial charge in [0, 0.05) is 42.8 Å². The first-order chi connectivity index (χ1) is 8.79. The fourth-order valence-electron chi connectivity index (χ4n) is 2.14. The summed E-state index contributed by atoms with van der Waals surface area (Å²) >= 11 is 1.41. The number of nitrogens with one attached hydrogen (secondary N) is 1. The van der Waals surface area contributed by atoms with Gasteiger partial charge in [-0.3, -0.25) is 15.2 Å². The third-order valence-electron chi connectivity index (χ3n) is 2.99. The van der Waals surface area contributed by atoms with Gasteiger partial charge in [0.25, 0.3) is 5.91 Å². The summed E-state index contributed by atoms with van der Waals surface area (Å²) in [5.74, 6) is 4.99. The molecule has 2 heterocycles. The van der Waals surface area contributed by atoms with Crippen LogP contribution in [0.3, 0.4) is 0 Å². The molecule has 7 heteroatoms. The van der Waals surface area contributed by atoms with Crippen molar-refractivity contribution in [3.63, 3.8) is 0 Å². The van der Waals surface area contributed by atoms with Crippen LogP contribution >= 0.6 is 11.3 Å². The average Bonchev–Trinajstić information content (AvgIpc) is 3.05. The molecule has 3 rings (SSSR count). The molecule has 1 aromatic heterocycles. The molecule has 0 aliphatic carbocycles. The third-order valence-corrected chi connectivity index (χ3v) is 3.89. The Kier molecular flexibility index (Phi) is 3.89. The molecule has 2 aromatic rings. The second-order valence-corrected chi connectivity index (χ2v) is 4.79. The number of amides is 1. The predicted molar refractivity (Wildman–Crippen MR) is 69.8 cm³/mol. The number of nitrogens with two attached hydrogens (primary N) is 1. The first-order valence-corrected chi connectivity index (χ1v) is 6.23. The van der Waals surface area contributed by atoms with E-state index in [1.807, 2.05) is 29.6 Å². The van der Waals surface area contributed by atoms with Crippen molar-refractivity contribution >= 4 is 29.1 Å². The van der Waals surface area contributed by atoms with Crippen molar-refractivity contribution in [3.05, 3.63) is 46.4 Å². The summed E-state index contributed by atoms with van der Waals surface area (Å²) in [5.41, 5.74) is 2.80. The van der Waals surface area contributed by atoms with Crippen LogP contribution in [0.4, 0.5) is 5.69 Å². The summed E-state index contributed by atoms with van der Waals surface area (Å²) in [5, 5.41) is 2.49. The molecule has 1 aliphatic rings. The maximum atomic E-state index is 12.2. The number of hydrazine groups is 1. The maximum absolute atomic E-state index is 12.2. The molecule has 0 saturated carbocycles. The SMILES string of the molecule is NNC(=O)C1(c2nccs2)C=Nc2ccccc21.[Zn]. The van der Waals surface area contributed by atoms with E-state index >= 15 is 0 Å². The number of hydrogen-bond acceptors (Lipinski definition) is 5. The second kappa shape index (κ2) is 5.29. The van der Waals surface area contributed by atoms with Gasteiger partial charge in [-0.05, 0) is 6.07 Å². The molecule has 1 unspecified atom stereocenters. The minimum Gasteiger partial charge on any atom is -0.293 e. The average molecular weight is 324 g/mol. The van der Waals surface area contributed by atoms with E-state index in [4.69, 9.17) is 5.84 Å². The summed E-state index contributed by atoms with van der Waals surface area (Å²) in [7, 11) is 0. The number of aliphatic imine (C=N–C) groups is 1. The number of para-hydroxylation sites is 1. The summed E-state index contributed by atoms with van der Waals surface area (Å²) in [6.07, 6.45) is 3.28. The van der Waals surface area contributed by atoms with Crippen molar-refractivity contribution in [3.8, 4) is 0 Å². The van der Waals surface area contributed by atoms with Gasteiger partial charge in [-0.2, -0.15) is 0 Å². The zero-order valence-electron chi connectivity index (χ0n) is 10.0. The van der Waals surface area contributed by atoms with Crippen LogP contribution in [-0.2, 0) is 29.7 Å². The summed E-state index contributed by atoms with van der Waals surface area (Å²) in [6.45, 7) is 0. The number of carbonyl (C=O) groups excluding carboxylic acids is 1. The van der Waals surface area contributed by atoms with E-state index in [9.17, 15) is 4.79 Å². The normalized spacial score (nSPS) is 19.6. The van der Waals surface area contributed by atoms with Crippen LogP contribution < -0.4 is 11.3 Å². The van der Waals surface area contributed by atoms with Crippen LogP contribution in [-0.4, -0.2) is 17.1 Å². The number of rotatable bonds is 2. The van der Waals surface area contributed by atoms with Gasteiger partial charge in [0.1, 0.15) is 5.01 Å². The molecule has 0 radical (unpaired) electrons. The van der Waals surface area contributed by atoms with Gasteiger partial charge in [-0.25, -0.2) is 10.8 Å². The molecule has 5 nitrogen and oxygen atoms in total. The van der Waals surface area contributed by atoms with Crippen molar-refractivity contribution in [1.82, 2.24) is 10.4 Å². The first kappa shape index (κ1) is 14.0. The molecule has 92 valence electrons. The first-order valence-electron chi connectivity index (χ1n) is 5.35. The third kappa shape index (κ3) is 1.94. The smallest absolute Gasteiger partial charge is 0.257 e. The van der Waals surface area contributed by atoms with Gasteiger partial charge < -0.3 is 0 Å². The largest absolute Gasteiger partial charge is 0.293 e. The summed E-state index contributed by atoms with van der Waals surface area (Å²) in [4.78, 5) is 20.8. The number of nitrogens with zero attached hydrogens (tertiary/aromatic N) is 2. The van der Waals surface area contributed by atoms with Crippen molar-refractivity contribution in [1.29, 1.82) is 0 Å². The van der Waals surface area contributed by atoms with Crippen molar-refractivity contribution in [2.45, 2.75) is 5.41 Å². The standard InChI is InChI=1S/C12H10N4OS.Zn/c13-16-10(17)12(11-14-5-6-18-11)7-15-9-4-2-1-3-8(9)12;/h1-7H,13H2,(H,16,17);. The Morgan fingerprint density at radius 2 is 2.16 bits per heavy atom. The van der Waals surface area contributed by atoms with Crippen LogP contribution in [0.15, 0.2) is 40.8 Å². The minimum absolute atomic E-state index is 0. The van der Waals surface area contributed by atoms with E-state index in [0.29, 0.717) is 5.01 Å².